The van der Waals surface area contributed by atoms with Crippen LogP contribution in [0.4, 0.5) is 0 Å². The molecule has 20 heavy (non-hydrogen) atoms. The largest absolute Gasteiger partial charge is 0.493 e. The van der Waals surface area contributed by atoms with Crippen LogP contribution in [0.3, 0.4) is 0 Å². The van der Waals surface area contributed by atoms with E-state index in [1.807, 2.05) is 32.9 Å². The van der Waals surface area contributed by atoms with Crippen molar-refractivity contribution in [3.63, 3.8) is 0 Å². The SMILES string of the molecule is COc1cc(C)ccc1OCC(=O)NC(C)(C)CCO. The molecule has 0 unspecified atom stereocenters. The molecule has 0 heterocycles. The molecule has 0 aromatic heterocycles. The minimum atomic E-state index is -0.452. The number of carbonyl (C=O) groups is 1. The second-order valence-electron chi connectivity index (χ2n) is 5.35. The number of nitrogens with one attached hydrogen (secondary N) is 1. The predicted molar refractivity (Wildman–Crippen MR) is 77.2 cm³/mol. The van der Waals surface area contributed by atoms with E-state index in [0.717, 1.165) is 5.56 Å². The zero-order valence-corrected chi connectivity index (χ0v) is 12.5. The average molecular weight is 281 g/mol. The Morgan fingerprint density at radius 2 is 2.05 bits per heavy atom. The number of aliphatic hydroxyl groups is 1. The number of aliphatic hydroxyl groups excluding tert-OH is 1. The van der Waals surface area contributed by atoms with E-state index in [0.29, 0.717) is 17.9 Å². The van der Waals surface area contributed by atoms with Gasteiger partial charge in [0.25, 0.3) is 5.91 Å². The van der Waals surface area contributed by atoms with E-state index in [2.05, 4.69) is 5.32 Å². The van der Waals surface area contributed by atoms with E-state index < -0.39 is 5.54 Å². The van der Waals surface area contributed by atoms with Crippen LogP contribution in [0, 0.1) is 6.92 Å². The summed E-state index contributed by atoms with van der Waals surface area (Å²) in [6.45, 7) is 5.60. The van der Waals surface area contributed by atoms with Crippen molar-refractivity contribution < 1.29 is 19.4 Å². The molecule has 0 aliphatic carbocycles. The monoisotopic (exact) mass is 281 g/mol. The Kier molecular flexibility index (Phi) is 5.82. The van der Waals surface area contributed by atoms with E-state index in [1.165, 1.54) is 0 Å². The number of hydrogen-bond acceptors (Lipinski definition) is 4. The Morgan fingerprint density at radius 1 is 1.35 bits per heavy atom. The van der Waals surface area contributed by atoms with E-state index in [-0.39, 0.29) is 19.1 Å². The van der Waals surface area contributed by atoms with Crippen LogP contribution >= 0.6 is 0 Å². The molecule has 5 nitrogen and oxygen atoms in total. The third kappa shape index (κ3) is 5.09. The molecule has 0 spiro atoms. The topological polar surface area (TPSA) is 67.8 Å². The first-order chi connectivity index (χ1) is 9.38. The van der Waals surface area contributed by atoms with Crippen LogP contribution < -0.4 is 14.8 Å². The molecule has 0 radical (unpaired) electrons. The van der Waals surface area contributed by atoms with E-state index >= 15 is 0 Å². The number of rotatable bonds is 7. The van der Waals surface area contributed by atoms with Gasteiger partial charge in [-0.25, -0.2) is 0 Å². The average Bonchev–Trinajstić information content (AvgIpc) is 2.36. The molecular weight excluding hydrogens is 258 g/mol. The molecule has 0 fully saturated rings. The second-order valence-corrected chi connectivity index (χ2v) is 5.35. The van der Waals surface area contributed by atoms with Crippen LogP contribution in [0.15, 0.2) is 18.2 Å². The molecule has 0 atom stereocenters. The first-order valence-electron chi connectivity index (χ1n) is 6.57. The molecule has 5 heteroatoms. The molecule has 1 amide bonds. The number of benzene rings is 1. The zero-order valence-electron chi connectivity index (χ0n) is 12.5. The summed E-state index contributed by atoms with van der Waals surface area (Å²) < 4.78 is 10.7. The fourth-order valence-electron chi connectivity index (χ4n) is 1.79. The van der Waals surface area contributed by atoms with E-state index in [9.17, 15) is 4.79 Å². The zero-order chi connectivity index (χ0) is 15.2. The third-order valence-electron chi connectivity index (χ3n) is 2.89. The van der Waals surface area contributed by atoms with Crippen molar-refractivity contribution in [1.29, 1.82) is 0 Å². The highest BCUT2D eigenvalue weighted by molar-refractivity contribution is 5.78. The van der Waals surface area contributed by atoms with Gasteiger partial charge in [-0.2, -0.15) is 0 Å². The quantitative estimate of drug-likeness (QED) is 0.797. The van der Waals surface area contributed by atoms with Crippen molar-refractivity contribution in [2.45, 2.75) is 32.7 Å². The van der Waals surface area contributed by atoms with Gasteiger partial charge in [-0.15, -0.1) is 0 Å². The van der Waals surface area contributed by atoms with Crippen molar-refractivity contribution in [3.05, 3.63) is 23.8 Å². The normalized spacial score (nSPS) is 11.1. The van der Waals surface area contributed by atoms with Gasteiger partial charge in [0.1, 0.15) is 0 Å². The smallest absolute Gasteiger partial charge is 0.258 e. The molecule has 0 saturated carbocycles. The van der Waals surface area contributed by atoms with Crippen LogP contribution in [0.1, 0.15) is 25.8 Å². The second kappa shape index (κ2) is 7.14. The Morgan fingerprint density at radius 3 is 2.65 bits per heavy atom. The summed E-state index contributed by atoms with van der Waals surface area (Å²) in [6, 6.07) is 5.52. The van der Waals surface area contributed by atoms with Gasteiger partial charge in [0.05, 0.1) is 7.11 Å². The number of carbonyl (C=O) groups excluding carboxylic acids is 1. The molecule has 0 aliphatic rings. The molecular formula is C15H23NO4. The summed E-state index contributed by atoms with van der Waals surface area (Å²) in [7, 11) is 1.56. The molecule has 1 rings (SSSR count). The lowest BCUT2D eigenvalue weighted by Crippen LogP contribution is -2.46. The standard InChI is InChI=1S/C15H23NO4/c1-11-5-6-12(13(9-11)19-4)20-10-14(18)16-15(2,3)7-8-17/h5-6,9,17H,7-8,10H2,1-4H3,(H,16,18). The summed E-state index contributed by atoms with van der Waals surface area (Å²) >= 11 is 0. The van der Waals surface area contributed by atoms with Crippen LogP contribution in [0.2, 0.25) is 0 Å². The lowest BCUT2D eigenvalue weighted by atomic mass is 10.0. The van der Waals surface area contributed by atoms with Crippen LogP contribution in [-0.2, 0) is 4.79 Å². The number of aryl methyl sites for hydroxylation is 1. The minimum Gasteiger partial charge on any atom is -0.493 e. The Labute approximate surface area is 119 Å². The maximum absolute atomic E-state index is 11.8. The van der Waals surface area contributed by atoms with E-state index in [1.54, 1.807) is 13.2 Å². The van der Waals surface area contributed by atoms with Crippen LogP contribution in [-0.4, -0.2) is 36.9 Å². The van der Waals surface area contributed by atoms with Crippen LogP contribution in [0.25, 0.3) is 0 Å². The minimum absolute atomic E-state index is 0.0277. The highest BCUT2D eigenvalue weighted by Crippen LogP contribution is 2.27. The van der Waals surface area contributed by atoms with Gasteiger partial charge >= 0.3 is 0 Å². The maximum atomic E-state index is 11.8. The van der Waals surface area contributed by atoms with Gasteiger partial charge < -0.3 is 19.9 Å². The lowest BCUT2D eigenvalue weighted by molar-refractivity contribution is -0.124. The van der Waals surface area contributed by atoms with Crippen LogP contribution in [0.5, 0.6) is 11.5 Å². The molecule has 112 valence electrons. The maximum Gasteiger partial charge on any atom is 0.258 e. The highest BCUT2D eigenvalue weighted by Gasteiger charge is 2.20. The summed E-state index contributed by atoms with van der Waals surface area (Å²) in [5.74, 6) is 0.909. The summed E-state index contributed by atoms with van der Waals surface area (Å²) in [5.41, 5.74) is 0.606. The number of ether oxygens (including phenoxy) is 2. The van der Waals surface area contributed by atoms with Gasteiger partial charge in [0.2, 0.25) is 0 Å². The van der Waals surface area contributed by atoms with Gasteiger partial charge in [0.15, 0.2) is 18.1 Å². The fourth-order valence-corrected chi connectivity index (χ4v) is 1.79. The molecule has 0 bridgehead atoms. The fraction of sp³-hybridized carbons (Fsp3) is 0.533. The molecule has 0 saturated heterocycles. The van der Waals surface area contributed by atoms with E-state index in [4.69, 9.17) is 14.6 Å². The first kappa shape index (κ1) is 16.3. The number of hydrogen-bond donors (Lipinski definition) is 2. The Hall–Kier alpha value is -1.75. The Bertz CT molecular complexity index is 457. The number of methoxy groups -OCH3 is 1. The summed E-state index contributed by atoms with van der Waals surface area (Å²) in [4.78, 5) is 11.8. The molecule has 1 aromatic rings. The van der Waals surface area contributed by atoms with Crippen molar-refractivity contribution in [2.24, 2.45) is 0 Å². The highest BCUT2D eigenvalue weighted by atomic mass is 16.5. The van der Waals surface area contributed by atoms with Gasteiger partial charge in [0, 0.05) is 12.1 Å². The predicted octanol–water partition coefficient (Wildman–Crippen LogP) is 1.66. The Balaban J connectivity index is 2.57. The van der Waals surface area contributed by atoms with Gasteiger partial charge in [-0.3, -0.25) is 4.79 Å². The molecule has 1 aromatic carbocycles. The summed E-state index contributed by atoms with van der Waals surface area (Å²) in [6.07, 6.45) is 0.493. The lowest BCUT2D eigenvalue weighted by Gasteiger charge is -2.25. The molecule has 2 N–H and O–H groups in total. The third-order valence-corrected chi connectivity index (χ3v) is 2.89. The van der Waals surface area contributed by atoms with Crippen molar-refractivity contribution in [3.8, 4) is 11.5 Å². The van der Waals surface area contributed by atoms with Crippen molar-refractivity contribution in [2.75, 3.05) is 20.3 Å². The van der Waals surface area contributed by atoms with Crippen molar-refractivity contribution >= 4 is 5.91 Å². The summed E-state index contributed by atoms with van der Waals surface area (Å²) in [5, 5.41) is 11.7. The van der Waals surface area contributed by atoms with Gasteiger partial charge in [-0.05, 0) is 44.9 Å². The molecule has 0 aliphatic heterocycles. The first-order valence-corrected chi connectivity index (χ1v) is 6.57. The number of amides is 1. The van der Waals surface area contributed by atoms with Crippen molar-refractivity contribution in [1.82, 2.24) is 5.32 Å². The van der Waals surface area contributed by atoms with Gasteiger partial charge in [-0.1, -0.05) is 6.07 Å².